The number of benzene rings is 1. The number of carbonyl (C=O) groups excluding carboxylic acids is 2. The molecule has 23 heavy (non-hydrogen) atoms. The number of nitrogens with one attached hydrogen (secondary N) is 1. The van der Waals surface area contributed by atoms with Crippen LogP contribution < -0.4 is 5.32 Å². The number of nitrogens with zero attached hydrogens (tertiary/aromatic N) is 1. The van der Waals surface area contributed by atoms with Gasteiger partial charge in [-0.2, -0.15) is 11.8 Å². The standard InChI is InChI=1S/C17H24N2O3S/c1-23-12-7-15(17(21)19-8-10-22-11-9-19)18-16(20)13-14-5-3-2-4-6-14/h2-6,15H,7-13H2,1H3,(H,18,20)/t15-/m0/s1. The van der Waals surface area contributed by atoms with E-state index in [9.17, 15) is 9.59 Å². The quantitative estimate of drug-likeness (QED) is 0.816. The molecule has 5 nitrogen and oxygen atoms in total. The average molecular weight is 336 g/mol. The summed E-state index contributed by atoms with van der Waals surface area (Å²) in [6, 6.07) is 9.13. The molecule has 1 N–H and O–H groups in total. The fraction of sp³-hybridized carbons (Fsp3) is 0.529. The van der Waals surface area contributed by atoms with Crippen molar-refractivity contribution >= 4 is 23.6 Å². The molecule has 126 valence electrons. The molecular formula is C17H24N2O3S. The third-order valence-corrected chi connectivity index (χ3v) is 4.42. The average Bonchev–Trinajstić information content (AvgIpc) is 2.59. The molecule has 1 aliphatic heterocycles. The normalized spacial score (nSPS) is 16.0. The molecule has 1 atom stereocenters. The first-order valence-electron chi connectivity index (χ1n) is 7.89. The van der Waals surface area contributed by atoms with Crippen molar-refractivity contribution in [3.63, 3.8) is 0 Å². The van der Waals surface area contributed by atoms with E-state index >= 15 is 0 Å². The highest BCUT2D eigenvalue weighted by Gasteiger charge is 2.26. The van der Waals surface area contributed by atoms with Crippen molar-refractivity contribution in [1.82, 2.24) is 10.2 Å². The first-order chi connectivity index (χ1) is 11.2. The Hall–Kier alpha value is -1.53. The first-order valence-corrected chi connectivity index (χ1v) is 9.29. The summed E-state index contributed by atoms with van der Waals surface area (Å²) < 4.78 is 5.29. The van der Waals surface area contributed by atoms with Gasteiger partial charge in [0.05, 0.1) is 19.6 Å². The van der Waals surface area contributed by atoms with Crippen LogP contribution in [0, 0.1) is 0 Å². The molecule has 0 radical (unpaired) electrons. The second kappa shape index (κ2) is 9.57. The lowest BCUT2D eigenvalue weighted by atomic mass is 10.1. The Morgan fingerprint density at radius 1 is 1.26 bits per heavy atom. The highest BCUT2D eigenvalue weighted by atomic mass is 32.2. The highest BCUT2D eigenvalue weighted by molar-refractivity contribution is 7.98. The molecular weight excluding hydrogens is 312 g/mol. The van der Waals surface area contributed by atoms with E-state index in [1.54, 1.807) is 16.7 Å². The van der Waals surface area contributed by atoms with Gasteiger partial charge in [0, 0.05) is 13.1 Å². The molecule has 2 amide bonds. The van der Waals surface area contributed by atoms with Crippen LogP contribution in [-0.2, 0) is 20.7 Å². The van der Waals surface area contributed by atoms with Gasteiger partial charge in [-0.3, -0.25) is 9.59 Å². The van der Waals surface area contributed by atoms with Crippen molar-refractivity contribution in [1.29, 1.82) is 0 Å². The monoisotopic (exact) mass is 336 g/mol. The van der Waals surface area contributed by atoms with E-state index in [0.717, 1.165) is 11.3 Å². The molecule has 1 fully saturated rings. The zero-order chi connectivity index (χ0) is 16.5. The molecule has 0 unspecified atom stereocenters. The Balaban J connectivity index is 1.93. The maximum atomic E-state index is 12.6. The van der Waals surface area contributed by atoms with Crippen LogP contribution in [0.25, 0.3) is 0 Å². The topological polar surface area (TPSA) is 58.6 Å². The van der Waals surface area contributed by atoms with Crippen molar-refractivity contribution in [3.8, 4) is 0 Å². The van der Waals surface area contributed by atoms with E-state index in [0.29, 0.717) is 39.1 Å². The van der Waals surface area contributed by atoms with Gasteiger partial charge in [0.25, 0.3) is 0 Å². The van der Waals surface area contributed by atoms with Gasteiger partial charge in [-0.05, 0) is 24.0 Å². The first kappa shape index (κ1) is 17.8. The molecule has 0 spiro atoms. The largest absolute Gasteiger partial charge is 0.378 e. The van der Waals surface area contributed by atoms with Crippen molar-refractivity contribution in [2.24, 2.45) is 0 Å². The minimum atomic E-state index is -0.447. The Kier molecular flexibility index (Phi) is 7.42. The van der Waals surface area contributed by atoms with E-state index in [1.807, 2.05) is 36.6 Å². The summed E-state index contributed by atoms with van der Waals surface area (Å²) in [6.45, 7) is 2.34. The van der Waals surface area contributed by atoms with Crippen LogP contribution in [0.2, 0.25) is 0 Å². The van der Waals surface area contributed by atoms with Gasteiger partial charge in [-0.15, -0.1) is 0 Å². The molecule has 1 aliphatic rings. The van der Waals surface area contributed by atoms with E-state index in [1.165, 1.54) is 0 Å². The molecule has 1 aromatic rings. The van der Waals surface area contributed by atoms with E-state index in [4.69, 9.17) is 4.74 Å². The third-order valence-electron chi connectivity index (χ3n) is 3.77. The number of rotatable bonds is 7. The van der Waals surface area contributed by atoms with Crippen LogP contribution in [0.4, 0.5) is 0 Å². The minimum absolute atomic E-state index is 0.00348. The summed E-state index contributed by atoms with van der Waals surface area (Å²) in [6.07, 6.45) is 2.95. The summed E-state index contributed by atoms with van der Waals surface area (Å²) in [5.74, 6) is 0.736. The second-order valence-corrected chi connectivity index (χ2v) is 6.49. The smallest absolute Gasteiger partial charge is 0.245 e. The zero-order valence-electron chi connectivity index (χ0n) is 13.5. The minimum Gasteiger partial charge on any atom is -0.378 e. The summed E-state index contributed by atoms with van der Waals surface area (Å²) in [7, 11) is 0. The molecule has 1 aromatic carbocycles. The lowest BCUT2D eigenvalue weighted by molar-refractivity contribution is -0.139. The Labute approximate surface area is 141 Å². The fourth-order valence-corrected chi connectivity index (χ4v) is 3.00. The number of ether oxygens (including phenoxy) is 1. The lowest BCUT2D eigenvalue weighted by Crippen LogP contribution is -2.52. The zero-order valence-corrected chi connectivity index (χ0v) is 14.3. The second-order valence-electron chi connectivity index (χ2n) is 5.50. The van der Waals surface area contributed by atoms with Gasteiger partial charge < -0.3 is 15.0 Å². The number of thioether (sulfide) groups is 1. The van der Waals surface area contributed by atoms with Crippen LogP contribution in [0.5, 0.6) is 0 Å². The molecule has 0 bridgehead atoms. The summed E-state index contributed by atoms with van der Waals surface area (Å²) >= 11 is 1.68. The Morgan fingerprint density at radius 2 is 1.96 bits per heavy atom. The van der Waals surface area contributed by atoms with Crippen molar-refractivity contribution in [2.45, 2.75) is 18.9 Å². The summed E-state index contributed by atoms with van der Waals surface area (Å²) in [5, 5.41) is 2.91. The van der Waals surface area contributed by atoms with Crippen LogP contribution in [-0.4, -0.2) is 61.1 Å². The van der Waals surface area contributed by atoms with E-state index in [-0.39, 0.29) is 11.8 Å². The molecule has 0 aromatic heterocycles. The number of hydrogen-bond donors (Lipinski definition) is 1. The van der Waals surface area contributed by atoms with Crippen LogP contribution in [0.15, 0.2) is 30.3 Å². The van der Waals surface area contributed by atoms with Gasteiger partial charge >= 0.3 is 0 Å². The molecule has 6 heteroatoms. The van der Waals surface area contributed by atoms with Crippen molar-refractivity contribution in [3.05, 3.63) is 35.9 Å². The molecule has 0 saturated carbocycles. The maximum absolute atomic E-state index is 12.6. The summed E-state index contributed by atoms with van der Waals surface area (Å²) in [4.78, 5) is 26.7. The van der Waals surface area contributed by atoms with E-state index in [2.05, 4.69) is 5.32 Å². The van der Waals surface area contributed by atoms with Crippen LogP contribution >= 0.6 is 11.8 Å². The van der Waals surface area contributed by atoms with Gasteiger partial charge in [-0.25, -0.2) is 0 Å². The molecule has 1 heterocycles. The predicted molar refractivity (Wildman–Crippen MR) is 92.5 cm³/mol. The molecule has 2 rings (SSSR count). The number of hydrogen-bond acceptors (Lipinski definition) is 4. The third kappa shape index (κ3) is 5.88. The number of amides is 2. The predicted octanol–water partition coefficient (Wildman–Crippen LogP) is 1.33. The Bertz CT molecular complexity index is 504. The molecule has 0 aliphatic carbocycles. The van der Waals surface area contributed by atoms with Gasteiger partial charge in [-0.1, -0.05) is 30.3 Å². The Morgan fingerprint density at radius 3 is 2.61 bits per heavy atom. The number of carbonyl (C=O) groups is 2. The highest BCUT2D eigenvalue weighted by Crippen LogP contribution is 2.08. The van der Waals surface area contributed by atoms with Gasteiger partial charge in [0.1, 0.15) is 6.04 Å². The number of morpholine rings is 1. The van der Waals surface area contributed by atoms with Crippen molar-refractivity contribution in [2.75, 3.05) is 38.3 Å². The van der Waals surface area contributed by atoms with E-state index < -0.39 is 6.04 Å². The SMILES string of the molecule is CSCC[C@H](NC(=O)Cc1ccccc1)C(=O)N1CCOCC1. The molecule has 1 saturated heterocycles. The van der Waals surface area contributed by atoms with Gasteiger partial charge in [0.15, 0.2) is 0 Å². The summed E-state index contributed by atoms with van der Waals surface area (Å²) in [5.41, 5.74) is 0.951. The van der Waals surface area contributed by atoms with Crippen LogP contribution in [0.1, 0.15) is 12.0 Å². The van der Waals surface area contributed by atoms with Gasteiger partial charge in [0.2, 0.25) is 11.8 Å². The van der Waals surface area contributed by atoms with Crippen LogP contribution in [0.3, 0.4) is 0 Å². The maximum Gasteiger partial charge on any atom is 0.245 e. The van der Waals surface area contributed by atoms with Crippen molar-refractivity contribution < 1.29 is 14.3 Å². The lowest BCUT2D eigenvalue weighted by Gasteiger charge is -2.30. The fourth-order valence-electron chi connectivity index (χ4n) is 2.52.